The molecule has 1 N–H and O–H groups in total. The SMILES string of the molecule is COc1nc2ccc(Br)cc2cc1[C@@H](c1ccccc1)[C@@](O)(CCCN(C)C)c1cccc2ccccc12. The van der Waals surface area contributed by atoms with Crippen LogP contribution in [-0.4, -0.2) is 42.7 Å². The number of pyridine rings is 1. The molecule has 2 atom stereocenters. The molecule has 0 fully saturated rings. The van der Waals surface area contributed by atoms with Crippen LogP contribution in [0.5, 0.6) is 5.88 Å². The molecule has 0 aliphatic heterocycles. The number of benzene rings is 4. The highest BCUT2D eigenvalue weighted by atomic mass is 79.9. The van der Waals surface area contributed by atoms with E-state index in [-0.39, 0.29) is 0 Å². The molecule has 194 valence electrons. The van der Waals surface area contributed by atoms with Gasteiger partial charge < -0.3 is 14.7 Å². The molecule has 0 amide bonds. The van der Waals surface area contributed by atoms with Gasteiger partial charge in [-0.15, -0.1) is 0 Å². The summed E-state index contributed by atoms with van der Waals surface area (Å²) in [5, 5.41) is 16.2. The van der Waals surface area contributed by atoms with Crippen LogP contribution in [0.2, 0.25) is 0 Å². The third-order valence-electron chi connectivity index (χ3n) is 7.30. The molecule has 5 aromatic rings. The summed E-state index contributed by atoms with van der Waals surface area (Å²) in [6.07, 6.45) is 1.39. The quantitative estimate of drug-likeness (QED) is 0.200. The number of hydrogen-bond donors (Lipinski definition) is 1. The van der Waals surface area contributed by atoms with Gasteiger partial charge in [-0.1, -0.05) is 88.7 Å². The van der Waals surface area contributed by atoms with E-state index in [4.69, 9.17) is 9.72 Å². The molecular formula is C33H33BrN2O2. The zero-order valence-electron chi connectivity index (χ0n) is 22.1. The van der Waals surface area contributed by atoms with Crippen molar-refractivity contribution in [1.29, 1.82) is 0 Å². The maximum absolute atomic E-state index is 13.1. The number of nitrogens with zero attached hydrogens (tertiary/aromatic N) is 2. The Morgan fingerprint density at radius 1 is 0.895 bits per heavy atom. The zero-order valence-corrected chi connectivity index (χ0v) is 23.7. The van der Waals surface area contributed by atoms with Crippen molar-refractivity contribution in [3.8, 4) is 5.88 Å². The Morgan fingerprint density at radius 2 is 1.63 bits per heavy atom. The molecule has 5 rings (SSSR count). The van der Waals surface area contributed by atoms with Gasteiger partial charge in [-0.25, -0.2) is 4.98 Å². The molecule has 4 nitrogen and oxygen atoms in total. The van der Waals surface area contributed by atoms with Gasteiger partial charge in [0.2, 0.25) is 5.88 Å². The average molecular weight is 570 g/mol. The van der Waals surface area contributed by atoms with E-state index in [0.29, 0.717) is 12.3 Å². The van der Waals surface area contributed by atoms with E-state index >= 15 is 0 Å². The van der Waals surface area contributed by atoms with Crippen molar-refractivity contribution >= 4 is 37.6 Å². The molecule has 0 saturated heterocycles. The molecule has 1 heterocycles. The Kier molecular flexibility index (Phi) is 7.80. The minimum atomic E-state index is -1.23. The van der Waals surface area contributed by atoms with Gasteiger partial charge >= 0.3 is 0 Å². The Labute approximate surface area is 233 Å². The van der Waals surface area contributed by atoms with Gasteiger partial charge in [-0.3, -0.25) is 0 Å². The number of hydrogen-bond acceptors (Lipinski definition) is 4. The van der Waals surface area contributed by atoms with Crippen LogP contribution in [0.1, 0.15) is 35.4 Å². The number of rotatable bonds is 9. The van der Waals surface area contributed by atoms with Crippen LogP contribution in [0.3, 0.4) is 0 Å². The topological polar surface area (TPSA) is 45.6 Å². The van der Waals surface area contributed by atoms with Crippen LogP contribution >= 0.6 is 15.9 Å². The molecule has 0 bridgehead atoms. The highest BCUT2D eigenvalue weighted by molar-refractivity contribution is 9.10. The highest BCUT2D eigenvalue weighted by Gasteiger charge is 2.43. The molecule has 4 aromatic carbocycles. The van der Waals surface area contributed by atoms with Crippen molar-refractivity contribution in [1.82, 2.24) is 9.88 Å². The fraction of sp³-hybridized carbons (Fsp3) is 0.242. The molecule has 1 aromatic heterocycles. The van der Waals surface area contributed by atoms with E-state index in [1.165, 1.54) is 0 Å². The summed E-state index contributed by atoms with van der Waals surface area (Å²) >= 11 is 3.61. The van der Waals surface area contributed by atoms with Gasteiger partial charge in [0.1, 0.15) is 5.60 Å². The van der Waals surface area contributed by atoms with Crippen molar-refractivity contribution in [2.45, 2.75) is 24.4 Å². The summed E-state index contributed by atoms with van der Waals surface area (Å²) in [5.41, 5.74) is 2.42. The predicted molar refractivity (Wildman–Crippen MR) is 160 cm³/mol. The number of fused-ring (bicyclic) bond motifs is 2. The second-order valence-electron chi connectivity index (χ2n) is 10.1. The molecular weight excluding hydrogens is 536 g/mol. The Hall–Kier alpha value is -3.25. The van der Waals surface area contributed by atoms with E-state index in [0.717, 1.165) is 55.8 Å². The van der Waals surface area contributed by atoms with E-state index < -0.39 is 11.5 Å². The van der Waals surface area contributed by atoms with Crippen LogP contribution < -0.4 is 4.74 Å². The first-order chi connectivity index (χ1) is 18.4. The maximum atomic E-state index is 13.1. The van der Waals surface area contributed by atoms with Gasteiger partial charge in [0.25, 0.3) is 0 Å². The molecule has 0 radical (unpaired) electrons. The van der Waals surface area contributed by atoms with E-state index in [1.807, 2.05) is 48.5 Å². The first kappa shape index (κ1) is 26.4. The lowest BCUT2D eigenvalue weighted by atomic mass is 9.70. The fourth-order valence-electron chi connectivity index (χ4n) is 5.58. The Morgan fingerprint density at radius 3 is 2.39 bits per heavy atom. The summed E-state index contributed by atoms with van der Waals surface area (Å²) in [6.45, 7) is 0.870. The van der Waals surface area contributed by atoms with Crippen molar-refractivity contribution in [2.75, 3.05) is 27.7 Å². The standard InChI is InChI=1S/C33H33BrN2O2/c1-36(2)20-10-19-33(37,29-16-9-14-23-11-7-8-15-27(23)29)31(24-12-5-4-6-13-24)28-22-25-21-26(34)17-18-30(25)35-32(28)38-3/h4-9,11-18,21-22,31,37H,10,19-20H2,1-3H3/t31-,33-/m1/s1. The number of halogens is 1. The molecule has 0 aliphatic carbocycles. The van der Waals surface area contributed by atoms with Crippen molar-refractivity contribution in [3.63, 3.8) is 0 Å². The van der Waals surface area contributed by atoms with E-state index in [1.54, 1.807) is 7.11 Å². The third kappa shape index (κ3) is 5.19. The largest absolute Gasteiger partial charge is 0.481 e. The van der Waals surface area contributed by atoms with Gasteiger partial charge in [-0.05, 0) is 79.6 Å². The maximum Gasteiger partial charge on any atom is 0.217 e. The summed E-state index contributed by atoms with van der Waals surface area (Å²) in [6, 6.07) is 32.9. The lowest BCUT2D eigenvalue weighted by Crippen LogP contribution is -2.36. The zero-order chi connectivity index (χ0) is 26.7. The second-order valence-corrected chi connectivity index (χ2v) is 11.0. The fourth-order valence-corrected chi connectivity index (χ4v) is 5.96. The van der Waals surface area contributed by atoms with Crippen molar-refractivity contribution < 1.29 is 9.84 Å². The third-order valence-corrected chi connectivity index (χ3v) is 7.80. The number of methoxy groups -OCH3 is 1. The summed E-state index contributed by atoms with van der Waals surface area (Å²) in [4.78, 5) is 7.06. The van der Waals surface area contributed by atoms with Crippen LogP contribution in [0.15, 0.2) is 102 Å². The monoisotopic (exact) mass is 568 g/mol. The van der Waals surface area contributed by atoms with Crippen LogP contribution in [-0.2, 0) is 5.60 Å². The molecule has 5 heteroatoms. The number of ether oxygens (including phenoxy) is 1. The molecule has 0 unspecified atom stereocenters. The normalized spacial score (nSPS) is 14.1. The smallest absolute Gasteiger partial charge is 0.217 e. The molecule has 0 saturated carbocycles. The lowest BCUT2D eigenvalue weighted by molar-refractivity contribution is 0.00761. The van der Waals surface area contributed by atoms with Crippen LogP contribution in [0.4, 0.5) is 0 Å². The predicted octanol–water partition coefficient (Wildman–Crippen LogP) is 7.52. The number of aromatic nitrogens is 1. The minimum absolute atomic E-state index is 0.414. The van der Waals surface area contributed by atoms with Gasteiger partial charge in [0, 0.05) is 21.3 Å². The summed E-state index contributed by atoms with van der Waals surface area (Å²) < 4.78 is 6.89. The second kappa shape index (κ2) is 11.2. The van der Waals surface area contributed by atoms with Crippen molar-refractivity contribution in [2.24, 2.45) is 0 Å². The minimum Gasteiger partial charge on any atom is -0.481 e. The highest BCUT2D eigenvalue weighted by Crippen LogP contribution is 2.49. The summed E-state index contributed by atoms with van der Waals surface area (Å²) in [5.74, 6) is 0.113. The lowest BCUT2D eigenvalue weighted by Gasteiger charge is -2.39. The molecule has 0 aliphatic rings. The van der Waals surface area contributed by atoms with Gasteiger partial charge in [0.15, 0.2) is 0 Å². The Balaban J connectivity index is 1.81. The Bertz CT molecular complexity index is 1550. The first-order valence-corrected chi connectivity index (χ1v) is 13.7. The van der Waals surface area contributed by atoms with Crippen LogP contribution in [0, 0.1) is 0 Å². The summed E-state index contributed by atoms with van der Waals surface area (Å²) in [7, 11) is 5.79. The average Bonchev–Trinajstić information content (AvgIpc) is 2.93. The molecule has 38 heavy (non-hydrogen) atoms. The molecule has 0 spiro atoms. The van der Waals surface area contributed by atoms with Gasteiger partial charge in [0.05, 0.1) is 12.6 Å². The van der Waals surface area contributed by atoms with E-state index in [9.17, 15) is 5.11 Å². The number of aliphatic hydroxyl groups is 1. The first-order valence-electron chi connectivity index (χ1n) is 12.9. The van der Waals surface area contributed by atoms with Crippen LogP contribution in [0.25, 0.3) is 21.7 Å². The van der Waals surface area contributed by atoms with Crippen molar-refractivity contribution in [3.05, 3.63) is 118 Å². The van der Waals surface area contributed by atoms with Gasteiger partial charge in [-0.2, -0.15) is 0 Å². The van der Waals surface area contributed by atoms with E-state index in [2.05, 4.69) is 83.5 Å².